The molecular formula is C25H43N3O3. The molecule has 6 heteroatoms. The van der Waals surface area contributed by atoms with Crippen LogP contribution in [0, 0.1) is 23.7 Å². The number of hydrogen-bond acceptors (Lipinski definition) is 6. The van der Waals surface area contributed by atoms with E-state index in [2.05, 4.69) is 0 Å². The van der Waals surface area contributed by atoms with Gasteiger partial charge >= 0.3 is 0 Å². The molecule has 31 heavy (non-hydrogen) atoms. The van der Waals surface area contributed by atoms with Crippen LogP contribution in [0.4, 0.5) is 0 Å². The molecule has 10 bridgehead atoms. The van der Waals surface area contributed by atoms with Crippen molar-refractivity contribution in [3.05, 3.63) is 0 Å². The van der Waals surface area contributed by atoms with Crippen LogP contribution in [0.5, 0.6) is 0 Å². The Bertz CT molecular complexity index is 562. The smallest absolute Gasteiger partial charge is 0.0358 e. The standard InChI is InChI=1S/C9H15NO.C8H13NO.C8H15NO/c11-10-8-2-6-1-7(4-8)5-9(10)3-6;10-9-7-1-5-2-8(9)4-6(5)3-7;10-9-7-3-1-4-8(9)6-2-5-7/h6-9,11H,1-5H2;5-8,10H,1-4H2;7-8,10H,1-6H2. The molecule has 176 valence electrons. The maximum absolute atomic E-state index is 9.66. The summed E-state index contributed by atoms with van der Waals surface area (Å²) in [6, 6.07) is 3.17. The maximum Gasteiger partial charge on any atom is 0.0358 e. The molecule has 0 aromatic heterocycles. The molecule has 0 aromatic carbocycles. The van der Waals surface area contributed by atoms with E-state index in [0.717, 1.165) is 23.7 Å². The van der Waals surface area contributed by atoms with Crippen molar-refractivity contribution in [2.45, 2.75) is 133 Å². The molecule has 6 saturated heterocycles. The molecule has 0 atom stereocenters. The van der Waals surface area contributed by atoms with Crippen LogP contribution in [0.25, 0.3) is 0 Å². The van der Waals surface area contributed by atoms with E-state index in [0.29, 0.717) is 36.3 Å². The summed E-state index contributed by atoms with van der Waals surface area (Å²) in [5.74, 6) is 3.89. The van der Waals surface area contributed by atoms with Gasteiger partial charge in [-0.1, -0.05) is 12.8 Å². The third-order valence-electron chi connectivity index (χ3n) is 10.4. The summed E-state index contributed by atoms with van der Waals surface area (Å²) in [4.78, 5) is 0. The highest BCUT2D eigenvalue weighted by Crippen LogP contribution is 2.52. The van der Waals surface area contributed by atoms with Gasteiger partial charge in [0.2, 0.25) is 0 Å². The fraction of sp³-hybridized carbons (Fsp3) is 1.00. The lowest BCUT2D eigenvalue weighted by molar-refractivity contribution is -0.229. The van der Waals surface area contributed by atoms with E-state index in [1.165, 1.54) is 96.3 Å². The Hall–Kier alpha value is -0.240. The molecule has 0 amide bonds. The second-order valence-electron chi connectivity index (χ2n) is 12.3. The first kappa shape index (κ1) is 21.3. The van der Waals surface area contributed by atoms with Gasteiger partial charge in [0.1, 0.15) is 0 Å². The van der Waals surface area contributed by atoms with Gasteiger partial charge in [-0.3, -0.25) is 0 Å². The molecule has 10 rings (SSSR count). The summed E-state index contributed by atoms with van der Waals surface area (Å²) in [5, 5.41) is 33.6. The van der Waals surface area contributed by atoms with Crippen molar-refractivity contribution in [3.63, 3.8) is 0 Å². The number of hydroxylamine groups is 6. The average molecular weight is 434 g/mol. The minimum absolute atomic E-state index is 0.507. The minimum Gasteiger partial charge on any atom is -0.313 e. The third-order valence-corrected chi connectivity index (χ3v) is 10.4. The molecule has 0 aromatic rings. The number of hydrogen-bond donors (Lipinski definition) is 3. The van der Waals surface area contributed by atoms with E-state index in [9.17, 15) is 15.6 Å². The lowest BCUT2D eigenvalue weighted by Gasteiger charge is -2.53. The summed E-state index contributed by atoms with van der Waals surface area (Å²) >= 11 is 0. The van der Waals surface area contributed by atoms with Crippen molar-refractivity contribution >= 4 is 0 Å². The molecule has 10 fully saturated rings. The van der Waals surface area contributed by atoms with Crippen LogP contribution < -0.4 is 0 Å². The lowest BCUT2D eigenvalue weighted by Crippen LogP contribution is -2.56. The molecule has 4 aliphatic carbocycles. The van der Waals surface area contributed by atoms with Crippen LogP contribution in [0.1, 0.15) is 96.3 Å². The fourth-order valence-electron chi connectivity index (χ4n) is 9.09. The van der Waals surface area contributed by atoms with Crippen LogP contribution in [0.15, 0.2) is 0 Å². The largest absolute Gasteiger partial charge is 0.313 e. The van der Waals surface area contributed by atoms with Gasteiger partial charge in [-0.2, -0.15) is 15.2 Å². The van der Waals surface area contributed by atoms with Gasteiger partial charge < -0.3 is 15.6 Å². The normalized spacial score (nSPS) is 52.0. The highest BCUT2D eigenvalue weighted by molar-refractivity contribution is 5.02. The van der Waals surface area contributed by atoms with Crippen LogP contribution >= 0.6 is 0 Å². The lowest BCUT2D eigenvalue weighted by atomic mass is 9.64. The summed E-state index contributed by atoms with van der Waals surface area (Å²) in [5.41, 5.74) is 0. The Morgan fingerprint density at radius 3 is 1.06 bits per heavy atom. The number of fused-ring (bicyclic) bond motifs is 2. The van der Waals surface area contributed by atoms with Crippen LogP contribution in [-0.4, -0.2) is 67.1 Å². The van der Waals surface area contributed by atoms with Crippen LogP contribution in [0.2, 0.25) is 0 Å². The van der Waals surface area contributed by atoms with Gasteiger partial charge in [0.05, 0.1) is 0 Å². The Kier molecular flexibility index (Phi) is 5.85. The Morgan fingerprint density at radius 2 is 0.710 bits per heavy atom. The Labute approximate surface area is 187 Å². The SMILES string of the molecule is ON1C2CC3CC(C2)CC1C3.ON1C2CC3CC1CC3C2.ON1C2CCCC1CCC2. The summed E-state index contributed by atoms with van der Waals surface area (Å²) in [6.45, 7) is 0. The first-order chi connectivity index (χ1) is 15.0. The van der Waals surface area contributed by atoms with Crippen molar-refractivity contribution in [3.8, 4) is 0 Å². The van der Waals surface area contributed by atoms with Crippen LogP contribution in [-0.2, 0) is 0 Å². The van der Waals surface area contributed by atoms with Crippen LogP contribution in [0.3, 0.4) is 0 Å². The Balaban J connectivity index is 0.0000000898. The monoisotopic (exact) mass is 433 g/mol. The molecule has 0 radical (unpaired) electrons. The van der Waals surface area contributed by atoms with Gasteiger partial charge in [0.15, 0.2) is 0 Å². The second kappa shape index (κ2) is 8.52. The van der Waals surface area contributed by atoms with E-state index >= 15 is 0 Å². The van der Waals surface area contributed by atoms with Gasteiger partial charge in [0.25, 0.3) is 0 Å². The minimum atomic E-state index is 0.507. The molecule has 6 heterocycles. The number of nitrogens with zero attached hydrogens (tertiary/aromatic N) is 3. The zero-order chi connectivity index (χ0) is 21.1. The molecule has 10 aliphatic rings. The van der Waals surface area contributed by atoms with Crippen molar-refractivity contribution in [2.75, 3.05) is 0 Å². The van der Waals surface area contributed by atoms with Gasteiger partial charge in [-0.15, -0.1) is 0 Å². The van der Waals surface area contributed by atoms with E-state index < -0.39 is 0 Å². The predicted octanol–water partition coefficient (Wildman–Crippen LogP) is 4.67. The maximum atomic E-state index is 9.66. The number of piperidine rings is 6. The average Bonchev–Trinajstić information content (AvgIpc) is 3.24. The molecule has 6 aliphatic heterocycles. The molecule has 0 unspecified atom stereocenters. The molecule has 0 spiro atoms. The first-order valence-corrected chi connectivity index (χ1v) is 13.5. The Morgan fingerprint density at radius 1 is 0.387 bits per heavy atom. The van der Waals surface area contributed by atoms with E-state index in [4.69, 9.17) is 0 Å². The van der Waals surface area contributed by atoms with E-state index in [-0.39, 0.29) is 0 Å². The summed E-state index contributed by atoms with van der Waals surface area (Å²) < 4.78 is 0. The third kappa shape index (κ3) is 4.00. The van der Waals surface area contributed by atoms with Crippen molar-refractivity contribution in [2.24, 2.45) is 23.7 Å². The first-order valence-electron chi connectivity index (χ1n) is 13.5. The van der Waals surface area contributed by atoms with Crippen molar-refractivity contribution in [1.82, 2.24) is 15.2 Å². The fourth-order valence-corrected chi connectivity index (χ4v) is 9.09. The quantitative estimate of drug-likeness (QED) is 0.516. The summed E-state index contributed by atoms with van der Waals surface area (Å²) in [6.07, 6.45) is 19.1. The van der Waals surface area contributed by atoms with E-state index in [1.807, 2.05) is 0 Å². The van der Waals surface area contributed by atoms with Gasteiger partial charge in [-0.25, -0.2) is 0 Å². The molecule has 3 N–H and O–H groups in total. The number of rotatable bonds is 0. The van der Waals surface area contributed by atoms with Crippen molar-refractivity contribution < 1.29 is 15.6 Å². The van der Waals surface area contributed by atoms with Gasteiger partial charge in [0, 0.05) is 36.3 Å². The molecule has 6 nitrogen and oxygen atoms in total. The molecular weight excluding hydrogens is 390 g/mol. The topological polar surface area (TPSA) is 70.4 Å². The predicted molar refractivity (Wildman–Crippen MR) is 117 cm³/mol. The highest BCUT2D eigenvalue weighted by Gasteiger charge is 2.51. The van der Waals surface area contributed by atoms with Crippen molar-refractivity contribution in [1.29, 1.82) is 0 Å². The molecule has 4 saturated carbocycles. The summed E-state index contributed by atoms with van der Waals surface area (Å²) in [7, 11) is 0. The zero-order valence-corrected chi connectivity index (χ0v) is 19.1. The van der Waals surface area contributed by atoms with Gasteiger partial charge in [-0.05, 0) is 107 Å². The second-order valence-corrected chi connectivity index (χ2v) is 12.3. The van der Waals surface area contributed by atoms with E-state index in [1.54, 1.807) is 15.2 Å². The highest BCUT2D eigenvalue weighted by atomic mass is 16.5. The zero-order valence-electron chi connectivity index (χ0n) is 19.1.